The molecule has 0 unspecified atom stereocenters. The Balaban J connectivity index is 1.54. The Hall–Kier alpha value is -2.34. The highest BCUT2D eigenvalue weighted by Gasteiger charge is 2.26. The molecular weight excluding hydrogens is 330 g/mol. The zero-order chi connectivity index (χ0) is 17.1. The van der Waals surface area contributed by atoms with Crippen LogP contribution < -0.4 is 5.32 Å². The molecule has 6 nitrogen and oxygen atoms in total. The lowest BCUT2D eigenvalue weighted by atomic mass is 10.0. The van der Waals surface area contributed by atoms with Crippen LogP contribution in [-0.4, -0.2) is 40.8 Å². The number of aryl methyl sites for hydroxylation is 1. The second-order valence-corrected chi connectivity index (χ2v) is 6.25. The van der Waals surface area contributed by atoms with E-state index in [1.807, 2.05) is 0 Å². The maximum absolute atomic E-state index is 12.4. The van der Waals surface area contributed by atoms with Crippen LogP contribution in [0.5, 0.6) is 0 Å². The van der Waals surface area contributed by atoms with Crippen LogP contribution in [0.15, 0.2) is 34.9 Å². The predicted octanol–water partition coefficient (Wildman–Crippen LogP) is 2.67. The molecule has 1 aliphatic rings. The third-order valence-electron chi connectivity index (χ3n) is 4.02. The summed E-state index contributed by atoms with van der Waals surface area (Å²) in [6, 6.07) is 6.65. The van der Waals surface area contributed by atoms with Gasteiger partial charge in [0, 0.05) is 30.4 Å². The molecule has 3 heterocycles. The first kappa shape index (κ1) is 16.5. The fourth-order valence-corrected chi connectivity index (χ4v) is 2.88. The number of nitrogens with one attached hydrogen (secondary N) is 1. The highest BCUT2D eigenvalue weighted by Crippen LogP contribution is 2.16. The van der Waals surface area contributed by atoms with Crippen molar-refractivity contribution in [3.8, 4) is 0 Å². The number of hydrogen-bond donors (Lipinski definition) is 1. The minimum Gasteiger partial charge on any atom is -0.456 e. The summed E-state index contributed by atoms with van der Waals surface area (Å²) in [5.74, 6) is 0.664. The van der Waals surface area contributed by atoms with Crippen LogP contribution in [0.25, 0.3) is 0 Å². The van der Waals surface area contributed by atoms with Crippen molar-refractivity contribution < 1.29 is 14.0 Å². The summed E-state index contributed by atoms with van der Waals surface area (Å²) >= 11 is 5.90. The quantitative estimate of drug-likeness (QED) is 0.926. The van der Waals surface area contributed by atoms with E-state index in [1.165, 1.54) is 6.20 Å². The maximum Gasteiger partial charge on any atom is 0.287 e. The van der Waals surface area contributed by atoms with E-state index in [0.29, 0.717) is 48.2 Å². The third kappa shape index (κ3) is 3.76. The molecule has 1 aliphatic heterocycles. The van der Waals surface area contributed by atoms with Crippen molar-refractivity contribution in [2.24, 2.45) is 0 Å². The summed E-state index contributed by atoms with van der Waals surface area (Å²) < 4.78 is 5.32. The number of furan rings is 1. The highest BCUT2D eigenvalue weighted by atomic mass is 35.5. The first-order valence-corrected chi connectivity index (χ1v) is 8.19. The van der Waals surface area contributed by atoms with Gasteiger partial charge in [-0.3, -0.25) is 14.6 Å². The number of nitrogens with zero attached hydrogens (tertiary/aromatic N) is 2. The normalized spacial score (nSPS) is 15.3. The van der Waals surface area contributed by atoms with E-state index in [0.717, 1.165) is 0 Å². The molecule has 2 aromatic rings. The Morgan fingerprint density at radius 1 is 1.29 bits per heavy atom. The second kappa shape index (κ2) is 7.05. The van der Waals surface area contributed by atoms with E-state index >= 15 is 0 Å². The number of likely N-dealkylation sites (tertiary alicyclic amines) is 1. The minimum atomic E-state index is -0.218. The van der Waals surface area contributed by atoms with Gasteiger partial charge in [0.05, 0.1) is 0 Å². The SMILES string of the molecule is Cc1ccc(C(=O)NC2CCN(C(=O)c3cc(Cl)ccn3)CC2)o1. The third-order valence-corrected chi connectivity index (χ3v) is 4.26. The van der Waals surface area contributed by atoms with Gasteiger partial charge < -0.3 is 14.6 Å². The van der Waals surface area contributed by atoms with Crippen molar-refractivity contribution in [2.45, 2.75) is 25.8 Å². The van der Waals surface area contributed by atoms with Crippen molar-refractivity contribution in [1.29, 1.82) is 0 Å². The molecule has 0 bridgehead atoms. The molecule has 24 heavy (non-hydrogen) atoms. The van der Waals surface area contributed by atoms with Gasteiger partial charge in [-0.05, 0) is 44.0 Å². The summed E-state index contributed by atoms with van der Waals surface area (Å²) in [6.07, 6.45) is 2.91. The van der Waals surface area contributed by atoms with Crippen LogP contribution in [0.2, 0.25) is 5.02 Å². The molecule has 1 saturated heterocycles. The number of pyridine rings is 1. The Morgan fingerprint density at radius 2 is 2.04 bits per heavy atom. The lowest BCUT2D eigenvalue weighted by Gasteiger charge is -2.32. The molecule has 2 amide bonds. The lowest BCUT2D eigenvalue weighted by molar-refractivity contribution is 0.0690. The number of hydrogen-bond acceptors (Lipinski definition) is 4. The molecule has 0 atom stereocenters. The fourth-order valence-electron chi connectivity index (χ4n) is 2.72. The number of carbonyl (C=O) groups is 2. The molecule has 7 heteroatoms. The summed E-state index contributed by atoms with van der Waals surface area (Å²) in [6.45, 7) is 2.93. The van der Waals surface area contributed by atoms with E-state index in [1.54, 1.807) is 36.1 Å². The van der Waals surface area contributed by atoms with Crippen LogP contribution in [-0.2, 0) is 0 Å². The molecule has 126 valence electrons. The highest BCUT2D eigenvalue weighted by molar-refractivity contribution is 6.30. The largest absolute Gasteiger partial charge is 0.456 e. The van der Waals surface area contributed by atoms with Gasteiger partial charge in [-0.2, -0.15) is 0 Å². The van der Waals surface area contributed by atoms with Gasteiger partial charge in [-0.25, -0.2) is 0 Å². The molecule has 0 aromatic carbocycles. The van der Waals surface area contributed by atoms with Gasteiger partial charge in [0.25, 0.3) is 11.8 Å². The Labute approximate surface area is 144 Å². The maximum atomic E-state index is 12.4. The molecule has 0 saturated carbocycles. The first-order valence-electron chi connectivity index (χ1n) is 7.81. The molecule has 1 fully saturated rings. The van der Waals surface area contributed by atoms with Crippen molar-refractivity contribution >= 4 is 23.4 Å². The number of amides is 2. The van der Waals surface area contributed by atoms with Crippen LogP contribution in [0.3, 0.4) is 0 Å². The number of aromatic nitrogens is 1. The van der Waals surface area contributed by atoms with E-state index in [-0.39, 0.29) is 17.9 Å². The molecule has 3 rings (SSSR count). The second-order valence-electron chi connectivity index (χ2n) is 5.81. The summed E-state index contributed by atoms with van der Waals surface area (Å²) in [4.78, 5) is 30.3. The summed E-state index contributed by atoms with van der Waals surface area (Å²) in [7, 11) is 0. The minimum absolute atomic E-state index is 0.0271. The molecule has 0 spiro atoms. The van der Waals surface area contributed by atoms with E-state index in [4.69, 9.17) is 16.0 Å². The zero-order valence-corrected chi connectivity index (χ0v) is 14.0. The molecule has 0 aliphatic carbocycles. The molecule has 0 radical (unpaired) electrons. The predicted molar refractivity (Wildman–Crippen MR) is 89.1 cm³/mol. The molecule has 1 N–H and O–H groups in total. The van der Waals surface area contributed by atoms with Gasteiger partial charge >= 0.3 is 0 Å². The van der Waals surface area contributed by atoms with Gasteiger partial charge in [0.1, 0.15) is 11.5 Å². The Bertz CT molecular complexity index is 751. The fraction of sp³-hybridized carbons (Fsp3) is 0.353. The first-order chi connectivity index (χ1) is 11.5. The van der Waals surface area contributed by atoms with Crippen LogP contribution >= 0.6 is 11.6 Å². The zero-order valence-electron chi connectivity index (χ0n) is 13.3. The van der Waals surface area contributed by atoms with Crippen LogP contribution in [0, 0.1) is 6.92 Å². The number of piperidine rings is 1. The lowest BCUT2D eigenvalue weighted by Crippen LogP contribution is -2.46. The summed E-state index contributed by atoms with van der Waals surface area (Å²) in [5, 5.41) is 3.44. The van der Waals surface area contributed by atoms with Crippen molar-refractivity contribution in [3.05, 3.63) is 52.7 Å². The van der Waals surface area contributed by atoms with Gasteiger partial charge in [0.2, 0.25) is 0 Å². The monoisotopic (exact) mass is 347 g/mol. The number of halogens is 1. The van der Waals surface area contributed by atoms with Gasteiger partial charge in [-0.15, -0.1) is 0 Å². The van der Waals surface area contributed by atoms with Gasteiger partial charge in [0.15, 0.2) is 5.76 Å². The number of rotatable bonds is 3. The Kier molecular flexibility index (Phi) is 4.85. The van der Waals surface area contributed by atoms with Crippen LogP contribution in [0.1, 0.15) is 39.6 Å². The smallest absolute Gasteiger partial charge is 0.287 e. The standard InChI is InChI=1S/C17H18ClN3O3/c1-11-2-3-15(24-11)16(22)20-13-5-8-21(9-6-13)17(23)14-10-12(18)4-7-19-14/h2-4,7,10,13H,5-6,8-9H2,1H3,(H,20,22). The van der Waals surface area contributed by atoms with Crippen molar-refractivity contribution in [1.82, 2.24) is 15.2 Å². The van der Waals surface area contributed by atoms with E-state index in [2.05, 4.69) is 10.3 Å². The molecular formula is C17H18ClN3O3. The van der Waals surface area contributed by atoms with E-state index < -0.39 is 0 Å². The van der Waals surface area contributed by atoms with Gasteiger partial charge in [-0.1, -0.05) is 11.6 Å². The van der Waals surface area contributed by atoms with Crippen molar-refractivity contribution in [3.63, 3.8) is 0 Å². The van der Waals surface area contributed by atoms with Crippen molar-refractivity contribution in [2.75, 3.05) is 13.1 Å². The Morgan fingerprint density at radius 3 is 2.67 bits per heavy atom. The van der Waals surface area contributed by atoms with Crippen LogP contribution in [0.4, 0.5) is 0 Å². The topological polar surface area (TPSA) is 75.4 Å². The average Bonchev–Trinajstić information content (AvgIpc) is 3.01. The summed E-state index contributed by atoms with van der Waals surface area (Å²) in [5.41, 5.74) is 0.344. The molecule has 2 aromatic heterocycles. The van der Waals surface area contributed by atoms with E-state index in [9.17, 15) is 9.59 Å². The number of carbonyl (C=O) groups excluding carboxylic acids is 2. The average molecular weight is 348 g/mol.